The summed E-state index contributed by atoms with van der Waals surface area (Å²) < 4.78 is 31.5. The van der Waals surface area contributed by atoms with E-state index < -0.39 is 10.0 Å². The van der Waals surface area contributed by atoms with Gasteiger partial charge in [-0.2, -0.15) is 0 Å². The number of para-hydroxylation sites is 1. The van der Waals surface area contributed by atoms with Crippen molar-refractivity contribution >= 4 is 21.6 Å². The molecule has 1 unspecified atom stereocenters. The van der Waals surface area contributed by atoms with Gasteiger partial charge in [-0.1, -0.05) is 24.3 Å². The zero-order valence-corrected chi connectivity index (χ0v) is 19.3. The van der Waals surface area contributed by atoms with E-state index >= 15 is 0 Å². The molecule has 2 aromatic rings. The summed E-state index contributed by atoms with van der Waals surface area (Å²) in [5.74, 6) is 0.658. The van der Waals surface area contributed by atoms with Crippen molar-refractivity contribution in [3.05, 3.63) is 59.2 Å². The van der Waals surface area contributed by atoms with Crippen LogP contribution in [0.2, 0.25) is 0 Å². The van der Waals surface area contributed by atoms with Gasteiger partial charge in [0.1, 0.15) is 12.4 Å². The van der Waals surface area contributed by atoms with E-state index in [2.05, 4.69) is 5.32 Å². The lowest BCUT2D eigenvalue weighted by atomic mass is 10.1. The van der Waals surface area contributed by atoms with Crippen LogP contribution in [0.5, 0.6) is 5.75 Å². The molecule has 164 valence electrons. The smallest absolute Gasteiger partial charge is 0.232 e. The summed E-state index contributed by atoms with van der Waals surface area (Å²) in [5.41, 5.74) is 3.89. The van der Waals surface area contributed by atoms with Crippen LogP contribution in [0.4, 0.5) is 5.69 Å². The van der Waals surface area contributed by atoms with Crippen LogP contribution in [0.15, 0.2) is 42.5 Å². The molecular weight excluding hydrogens is 400 g/mol. The Balaban J connectivity index is 1.82. The number of carbonyl (C=O) groups excluding carboxylic acids is 1. The number of nitrogens with one attached hydrogen (secondary N) is 1. The number of rotatable bonds is 10. The van der Waals surface area contributed by atoms with E-state index in [0.29, 0.717) is 18.7 Å². The Morgan fingerprint density at radius 2 is 1.77 bits per heavy atom. The maximum absolute atomic E-state index is 12.3. The second kappa shape index (κ2) is 10.5. The van der Waals surface area contributed by atoms with E-state index in [1.165, 1.54) is 16.1 Å². The highest BCUT2D eigenvalue weighted by atomic mass is 32.2. The minimum atomic E-state index is -3.43. The molecule has 0 radical (unpaired) electrons. The quantitative estimate of drug-likeness (QED) is 0.621. The Hall–Kier alpha value is -2.54. The molecule has 1 N–H and O–H groups in total. The maximum Gasteiger partial charge on any atom is 0.232 e. The van der Waals surface area contributed by atoms with Gasteiger partial charge in [0.15, 0.2) is 0 Å². The lowest BCUT2D eigenvalue weighted by Crippen LogP contribution is -2.37. The Bertz CT molecular complexity index is 973. The molecule has 0 aliphatic heterocycles. The van der Waals surface area contributed by atoms with Crippen molar-refractivity contribution < 1.29 is 17.9 Å². The predicted octanol–water partition coefficient (Wildman–Crippen LogP) is 3.74. The van der Waals surface area contributed by atoms with Gasteiger partial charge in [0, 0.05) is 13.0 Å². The molecule has 0 spiro atoms. The van der Waals surface area contributed by atoms with Gasteiger partial charge in [0.05, 0.1) is 18.0 Å². The molecule has 6 nitrogen and oxygen atoms in total. The van der Waals surface area contributed by atoms with E-state index in [1.807, 2.05) is 64.1 Å². The Kier molecular flexibility index (Phi) is 8.29. The summed E-state index contributed by atoms with van der Waals surface area (Å²) in [6.07, 6.45) is 1.86. The van der Waals surface area contributed by atoms with E-state index in [1.54, 1.807) is 6.07 Å². The maximum atomic E-state index is 12.3. The fourth-order valence-electron chi connectivity index (χ4n) is 3.10. The van der Waals surface area contributed by atoms with Crippen molar-refractivity contribution in [3.8, 4) is 5.75 Å². The first-order chi connectivity index (χ1) is 14.1. The van der Waals surface area contributed by atoms with Gasteiger partial charge in [-0.3, -0.25) is 9.10 Å². The predicted molar refractivity (Wildman–Crippen MR) is 122 cm³/mol. The van der Waals surface area contributed by atoms with Gasteiger partial charge in [0.25, 0.3) is 0 Å². The highest BCUT2D eigenvalue weighted by Crippen LogP contribution is 2.22. The van der Waals surface area contributed by atoms with E-state index in [9.17, 15) is 13.2 Å². The summed E-state index contributed by atoms with van der Waals surface area (Å²) >= 11 is 0. The van der Waals surface area contributed by atoms with Gasteiger partial charge in [-0.15, -0.1) is 0 Å². The summed E-state index contributed by atoms with van der Waals surface area (Å²) in [6.45, 7) is 8.46. The topological polar surface area (TPSA) is 75.7 Å². The molecule has 2 rings (SSSR count). The molecule has 30 heavy (non-hydrogen) atoms. The second-order valence-electron chi connectivity index (χ2n) is 7.75. The monoisotopic (exact) mass is 432 g/mol. The molecule has 7 heteroatoms. The highest BCUT2D eigenvalue weighted by Gasteiger charge is 2.19. The first kappa shape index (κ1) is 23.7. The van der Waals surface area contributed by atoms with Crippen LogP contribution in [-0.4, -0.2) is 39.8 Å². The van der Waals surface area contributed by atoms with Crippen LogP contribution in [-0.2, 0) is 14.8 Å². The molecule has 0 aliphatic carbocycles. The van der Waals surface area contributed by atoms with E-state index in [-0.39, 0.29) is 24.9 Å². The van der Waals surface area contributed by atoms with Gasteiger partial charge < -0.3 is 10.1 Å². The third-order valence-electron chi connectivity index (χ3n) is 4.94. The first-order valence-electron chi connectivity index (χ1n) is 10.1. The standard InChI is InChI=1S/C23H32N2O4S/c1-17-12-13-21(15-19(17)3)29-16-20(4)24-23(26)11-8-14-25(30(5,27)28)22-10-7-6-9-18(22)2/h6-7,9-10,12-13,15,20H,8,11,14,16H2,1-5H3,(H,24,26). The number of amides is 1. The van der Waals surface area contributed by atoms with Crippen molar-refractivity contribution in [1.82, 2.24) is 5.32 Å². The first-order valence-corrected chi connectivity index (χ1v) is 12.0. The number of hydrogen-bond donors (Lipinski definition) is 1. The second-order valence-corrected chi connectivity index (χ2v) is 9.66. The van der Waals surface area contributed by atoms with Crippen molar-refractivity contribution in [2.45, 2.75) is 46.6 Å². The third-order valence-corrected chi connectivity index (χ3v) is 6.12. The SMILES string of the molecule is Cc1ccc(OCC(C)NC(=O)CCCN(c2ccccc2C)S(C)(=O)=O)cc1C. The number of aryl methyl sites for hydroxylation is 3. The fourth-order valence-corrected chi connectivity index (χ4v) is 4.13. The normalized spacial score (nSPS) is 12.3. The van der Waals surface area contributed by atoms with Gasteiger partial charge in [0.2, 0.25) is 15.9 Å². The molecule has 1 amide bonds. The van der Waals surface area contributed by atoms with Crippen LogP contribution < -0.4 is 14.4 Å². The number of hydrogen-bond acceptors (Lipinski definition) is 4. The molecule has 0 aromatic heterocycles. The summed E-state index contributed by atoms with van der Waals surface area (Å²) in [7, 11) is -3.43. The summed E-state index contributed by atoms with van der Waals surface area (Å²) in [5, 5.41) is 2.91. The summed E-state index contributed by atoms with van der Waals surface area (Å²) in [6, 6.07) is 13.1. The molecule has 2 aromatic carbocycles. The third kappa shape index (κ3) is 7.06. The number of anilines is 1. The molecule has 0 heterocycles. The number of sulfonamides is 1. The van der Waals surface area contributed by atoms with Gasteiger partial charge in [-0.25, -0.2) is 8.42 Å². The molecule has 0 bridgehead atoms. The lowest BCUT2D eigenvalue weighted by Gasteiger charge is -2.24. The van der Waals surface area contributed by atoms with Crippen LogP contribution in [0.3, 0.4) is 0 Å². The zero-order chi connectivity index (χ0) is 22.3. The van der Waals surface area contributed by atoms with Crippen molar-refractivity contribution in [3.63, 3.8) is 0 Å². The lowest BCUT2D eigenvalue weighted by molar-refractivity contribution is -0.121. The Morgan fingerprint density at radius 1 is 1.07 bits per heavy atom. The van der Waals surface area contributed by atoms with Gasteiger partial charge >= 0.3 is 0 Å². The summed E-state index contributed by atoms with van der Waals surface area (Å²) in [4.78, 5) is 12.3. The van der Waals surface area contributed by atoms with Crippen molar-refractivity contribution in [2.75, 3.05) is 23.7 Å². The molecule has 0 fully saturated rings. The Morgan fingerprint density at radius 3 is 2.40 bits per heavy atom. The molecule has 1 atom stereocenters. The molecule has 0 saturated heterocycles. The average Bonchev–Trinajstić information content (AvgIpc) is 2.66. The molecular formula is C23H32N2O4S. The number of ether oxygens (including phenoxy) is 1. The minimum Gasteiger partial charge on any atom is -0.491 e. The van der Waals surface area contributed by atoms with Crippen molar-refractivity contribution in [2.24, 2.45) is 0 Å². The van der Waals surface area contributed by atoms with E-state index in [4.69, 9.17) is 4.74 Å². The Labute approximate surface area is 180 Å². The zero-order valence-electron chi connectivity index (χ0n) is 18.4. The van der Waals surface area contributed by atoms with Crippen LogP contribution in [0, 0.1) is 20.8 Å². The number of benzene rings is 2. The average molecular weight is 433 g/mol. The van der Waals surface area contributed by atoms with Gasteiger partial charge in [-0.05, 0) is 69.0 Å². The molecule has 0 saturated carbocycles. The number of nitrogens with zero attached hydrogens (tertiary/aromatic N) is 1. The molecule has 0 aliphatic rings. The minimum absolute atomic E-state index is 0.121. The highest BCUT2D eigenvalue weighted by molar-refractivity contribution is 7.92. The van der Waals surface area contributed by atoms with Crippen LogP contribution >= 0.6 is 0 Å². The van der Waals surface area contributed by atoms with E-state index in [0.717, 1.165) is 16.9 Å². The van der Waals surface area contributed by atoms with Crippen LogP contribution in [0.25, 0.3) is 0 Å². The fraction of sp³-hybridized carbons (Fsp3) is 0.435. The van der Waals surface area contributed by atoms with Crippen LogP contribution in [0.1, 0.15) is 36.5 Å². The van der Waals surface area contributed by atoms with Crippen molar-refractivity contribution in [1.29, 1.82) is 0 Å². The number of carbonyl (C=O) groups is 1. The largest absolute Gasteiger partial charge is 0.491 e.